The Bertz CT molecular complexity index is 1260. The average molecular weight is 565 g/mol. The highest BCUT2D eigenvalue weighted by Gasteiger charge is 2.33. The molecule has 0 N–H and O–H groups in total. The summed E-state index contributed by atoms with van der Waals surface area (Å²) in [4.78, 5) is 15.1. The van der Waals surface area contributed by atoms with Crippen LogP contribution in [0.15, 0.2) is 70.0 Å². The zero-order valence-electron chi connectivity index (χ0n) is 16.8. The maximum atomic E-state index is 13.0. The van der Waals surface area contributed by atoms with E-state index in [9.17, 15) is 4.79 Å². The van der Waals surface area contributed by atoms with Crippen LogP contribution in [0.4, 0.5) is 5.69 Å². The van der Waals surface area contributed by atoms with Crippen LogP contribution in [0.25, 0.3) is 6.08 Å². The number of aryl methyl sites for hydroxylation is 1. The van der Waals surface area contributed by atoms with Crippen LogP contribution in [0.2, 0.25) is 10.0 Å². The quantitative estimate of drug-likeness (QED) is 0.231. The Labute approximate surface area is 214 Å². The molecule has 1 amide bonds. The summed E-state index contributed by atoms with van der Waals surface area (Å²) in [5.41, 5.74) is 3.55. The molecular weight excluding hydrogens is 549 g/mol. The van der Waals surface area contributed by atoms with Crippen LogP contribution in [-0.4, -0.2) is 10.2 Å². The number of hydrogen-bond donors (Lipinski definition) is 0. The maximum Gasteiger partial charge on any atom is 0.270 e. The number of amides is 1. The van der Waals surface area contributed by atoms with Crippen LogP contribution in [0.1, 0.15) is 16.7 Å². The van der Waals surface area contributed by atoms with Crippen molar-refractivity contribution < 1.29 is 9.53 Å². The van der Waals surface area contributed by atoms with Gasteiger partial charge in [0.15, 0.2) is 4.32 Å². The van der Waals surface area contributed by atoms with E-state index in [4.69, 9.17) is 40.2 Å². The number of anilines is 1. The van der Waals surface area contributed by atoms with Gasteiger partial charge in [0.1, 0.15) is 12.4 Å². The highest BCUT2D eigenvalue weighted by atomic mass is 79.9. The molecule has 0 aliphatic carbocycles. The van der Waals surface area contributed by atoms with Crippen LogP contribution in [0.3, 0.4) is 0 Å². The Morgan fingerprint density at radius 2 is 1.94 bits per heavy atom. The highest BCUT2D eigenvalue weighted by molar-refractivity contribution is 9.10. The van der Waals surface area contributed by atoms with Gasteiger partial charge in [0, 0.05) is 15.6 Å². The van der Waals surface area contributed by atoms with Gasteiger partial charge in [-0.3, -0.25) is 9.69 Å². The molecule has 1 aliphatic rings. The lowest BCUT2D eigenvalue weighted by molar-refractivity contribution is -0.113. The number of halogens is 3. The molecule has 1 heterocycles. The molecule has 8 heteroatoms. The van der Waals surface area contributed by atoms with Gasteiger partial charge < -0.3 is 4.74 Å². The lowest BCUT2D eigenvalue weighted by atomic mass is 10.2. The first-order valence-corrected chi connectivity index (χ1v) is 12.3. The Morgan fingerprint density at radius 3 is 2.66 bits per heavy atom. The van der Waals surface area contributed by atoms with Gasteiger partial charge in [-0.2, -0.15) is 0 Å². The second-order valence-corrected chi connectivity index (χ2v) is 10.4. The summed E-state index contributed by atoms with van der Waals surface area (Å²) in [6.45, 7) is 2.29. The van der Waals surface area contributed by atoms with Gasteiger partial charge in [-0.25, -0.2) is 0 Å². The Balaban J connectivity index is 1.50. The molecule has 0 radical (unpaired) electrons. The van der Waals surface area contributed by atoms with E-state index in [0.717, 1.165) is 26.9 Å². The molecular formula is C24H16BrCl2NO2S2. The summed E-state index contributed by atoms with van der Waals surface area (Å²) in [6, 6.07) is 18.7. The first-order valence-electron chi connectivity index (χ1n) is 9.53. The SMILES string of the molecule is Cc1cccc(N2C(=O)/C(=C/c3ccc(OCc4ccc(Cl)cc4Cl)c(Br)c3)SC2=S)c1. The normalized spacial score (nSPS) is 15.0. The van der Waals surface area contributed by atoms with Crippen LogP contribution in [0, 0.1) is 6.92 Å². The zero-order valence-corrected chi connectivity index (χ0v) is 21.5. The predicted octanol–water partition coefficient (Wildman–Crippen LogP) is 8.05. The monoisotopic (exact) mass is 563 g/mol. The van der Waals surface area contributed by atoms with Crippen LogP contribution < -0.4 is 9.64 Å². The summed E-state index contributed by atoms with van der Waals surface area (Å²) in [5.74, 6) is 0.542. The number of nitrogens with zero attached hydrogens (tertiary/aromatic N) is 1. The van der Waals surface area contributed by atoms with Crippen LogP contribution in [0.5, 0.6) is 5.75 Å². The first kappa shape index (κ1) is 23.3. The van der Waals surface area contributed by atoms with Crippen molar-refractivity contribution in [1.29, 1.82) is 0 Å². The Hall–Kier alpha value is -1.83. The zero-order chi connectivity index (χ0) is 22.8. The molecule has 1 saturated heterocycles. The minimum absolute atomic E-state index is 0.126. The number of benzene rings is 3. The molecule has 32 heavy (non-hydrogen) atoms. The van der Waals surface area contributed by atoms with Crippen molar-refractivity contribution in [2.45, 2.75) is 13.5 Å². The summed E-state index contributed by atoms with van der Waals surface area (Å²) < 4.78 is 7.18. The molecule has 0 saturated carbocycles. The van der Waals surface area contributed by atoms with Crippen molar-refractivity contribution in [3.63, 3.8) is 0 Å². The van der Waals surface area contributed by atoms with Gasteiger partial charge in [0.2, 0.25) is 0 Å². The van der Waals surface area contributed by atoms with Gasteiger partial charge in [-0.05, 0) is 76.5 Å². The van der Waals surface area contributed by atoms with Gasteiger partial charge in [0.05, 0.1) is 15.1 Å². The molecule has 0 unspecified atom stereocenters. The molecule has 1 fully saturated rings. The Morgan fingerprint density at radius 1 is 1.12 bits per heavy atom. The van der Waals surface area contributed by atoms with E-state index < -0.39 is 0 Å². The highest BCUT2D eigenvalue weighted by Crippen LogP contribution is 2.37. The minimum atomic E-state index is -0.126. The third-order valence-corrected chi connectivity index (χ3v) is 7.21. The molecule has 162 valence electrons. The molecule has 3 aromatic rings. The molecule has 0 aromatic heterocycles. The number of hydrogen-bond acceptors (Lipinski definition) is 4. The molecule has 0 atom stereocenters. The maximum absolute atomic E-state index is 13.0. The number of thiocarbonyl (C=S) groups is 1. The second-order valence-electron chi connectivity index (χ2n) is 7.07. The molecule has 0 bridgehead atoms. The van der Waals surface area contributed by atoms with E-state index >= 15 is 0 Å². The molecule has 0 spiro atoms. The van der Waals surface area contributed by atoms with E-state index in [1.165, 1.54) is 11.8 Å². The van der Waals surface area contributed by atoms with Crippen molar-refractivity contribution >= 4 is 85.1 Å². The molecule has 3 aromatic carbocycles. The van der Waals surface area contributed by atoms with E-state index in [2.05, 4.69) is 15.9 Å². The first-order chi connectivity index (χ1) is 15.3. The fourth-order valence-electron chi connectivity index (χ4n) is 3.13. The minimum Gasteiger partial charge on any atom is -0.488 e. The lowest BCUT2D eigenvalue weighted by Crippen LogP contribution is -2.27. The number of ether oxygens (including phenoxy) is 1. The number of carbonyl (C=O) groups excluding carboxylic acids is 1. The van der Waals surface area contributed by atoms with Gasteiger partial charge in [0.25, 0.3) is 5.91 Å². The van der Waals surface area contributed by atoms with Crippen molar-refractivity contribution in [3.05, 3.63) is 96.8 Å². The number of rotatable bonds is 5. The topological polar surface area (TPSA) is 29.5 Å². The summed E-state index contributed by atoms with van der Waals surface area (Å²) in [6.07, 6.45) is 1.83. The fourth-order valence-corrected chi connectivity index (χ4v) is 5.40. The Kier molecular flexibility index (Phi) is 7.27. The predicted molar refractivity (Wildman–Crippen MR) is 142 cm³/mol. The van der Waals surface area contributed by atoms with Crippen LogP contribution in [-0.2, 0) is 11.4 Å². The third-order valence-electron chi connectivity index (χ3n) is 4.71. The third kappa shape index (κ3) is 5.21. The lowest BCUT2D eigenvalue weighted by Gasteiger charge is -2.14. The van der Waals surface area contributed by atoms with Crippen molar-refractivity contribution in [2.75, 3.05) is 4.90 Å². The van der Waals surface area contributed by atoms with Crippen LogP contribution >= 0.6 is 63.1 Å². The average Bonchev–Trinajstić information content (AvgIpc) is 3.01. The smallest absolute Gasteiger partial charge is 0.270 e. The van der Waals surface area contributed by atoms with E-state index in [1.807, 2.05) is 61.5 Å². The molecule has 1 aliphatic heterocycles. The molecule has 4 rings (SSSR count). The van der Waals surface area contributed by atoms with E-state index in [1.54, 1.807) is 17.0 Å². The second kappa shape index (κ2) is 9.98. The molecule has 3 nitrogen and oxygen atoms in total. The van der Waals surface area contributed by atoms with Crippen molar-refractivity contribution in [3.8, 4) is 5.75 Å². The van der Waals surface area contributed by atoms with Gasteiger partial charge in [-0.1, -0.05) is 71.4 Å². The van der Waals surface area contributed by atoms with E-state index in [0.29, 0.717) is 31.6 Å². The van der Waals surface area contributed by atoms with Gasteiger partial charge in [-0.15, -0.1) is 0 Å². The number of carbonyl (C=O) groups is 1. The standard InChI is InChI=1S/C24H16BrCl2NO2S2/c1-14-3-2-4-18(9-14)28-23(29)22(32-24(28)31)11-15-5-8-21(19(25)10-15)30-13-16-6-7-17(26)12-20(16)27/h2-12H,13H2,1H3/b22-11-. The summed E-state index contributed by atoms with van der Waals surface area (Å²) >= 11 is 22.5. The fraction of sp³-hybridized carbons (Fsp3) is 0.0833. The van der Waals surface area contributed by atoms with Gasteiger partial charge >= 0.3 is 0 Å². The summed E-state index contributed by atoms with van der Waals surface area (Å²) in [7, 11) is 0. The largest absolute Gasteiger partial charge is 0.488 e. The van der Waals surface area contributed by atoms with Crippen molar-refractivity contribution in [1.82, 2.24) is 0 Å². The summed E-state index contributed by atoms with van der Waals surface area (Å²) in [5, 5.41) is 1.14. The number of thioether (sulfide) groups is 1. The van der Waals surface area contributed by atoms with Crippen molar-refractivity contribution in [2.24, 2.45) is 0 Å². The van der Waals surface area contributed by atoms with E-state index in [-0.39, 0.29) is 5.91 Å².